The fourth-order valence-corrected chi connectivity index (χ4v) is 2.09. The van der Waals surface area contributed by atoms with Gasteiger partial charge in [0.15, 0.2) is 0 Å². The lowest BCUT2D eigenvalue weighted by Crippen LogP contribution is -2.02. The predicted molar refractivity (Wildman–Crippen MR) is 69.8 cm³/mol. The van der Waals surface area contributed by atoms with Crippen LogP contribution in [0, 0.1) is 0 Å². The molecule has 0 aliphatic rings. The molecule has 3 heteroatoms. The molecule has 0 spiro atoms. The van der Waals surface area contributed by atoms with Crippen molar-refractivity contribution in [2.75, 3.05) is 6.54 Å². The van der Waals surface area contributed by atoms with E-state index in [-0.39, 0.29) is 0 Å². The van der Waals surface area contributed by atoms with E-state index in [0.29, 0.717) is 6.54 Å². The van der Waals surface area contributed by atoms with Crippen LogP contribution in [0.3, 0.4) is 0 Å². The Morgan fingerprint density at radius 3 is 2.71 bits per heavy atom. The van der Waals surface area contributed by atoms with Crippen molar-refractivity contribution >= 4 is 21.8 Å². The van der Waals surface area contributed by atoms with E-state index in [1.165, 1.54) is 5.56 Å². The van der Waals surface area contributed by atoms with Crippen molar-refractivity contribution in [2.24, 2.45) is 5.73 Å². The Labute approximate surface area is 99.3 Å². The molecule has 0 saturated carbocycles. The standard InChI is InChI=1S/C14H13N3/c15-6-5-10-8-12-4-3-11-2-1-7-16-13(11)14(12)17-9-10/h1-4,7-9H,5-6,15H2. The van der Waals surface area contributed by atoms with Crippen molar-refractivity contribution in [3.8, 4) is 0 Å². The van der Waals surface area contributed by atoms with Gasteiger partial charge < -0.3 is 5.73 Å². The summed E-state index contributed by atoms with van der Waals surface area (Å²) in [4.78, 5) is 8.91. The maximum Gasteiger partial charge on any atom is 0.0964 e. The molecule has 0 saturated heterocycles. The second-order valence-electron chi connectivity index (χ2n) is 4.09. The van der Waals surface area contributed by atoms with Gasteiger partial charge in [0.2, 0.25) is 0 Å². The summed E-state index contributed by atoms with van der Waals surface area (Å²) in [5.74, 6) is 0. The second kappa shape index (κ2) is 4.11. The molecule has 0 atom stereocenters. The van der Waals surface area contributed by atoms with Crippen molar-refractivity contribution in [1.29, 1.82) is 0 Å². The van der Waals surface area contributed by atoms with Crippen LogP contribution in [0.1, 0.15) is 5.56 Å². The molecule has 0 aliphatic carbocycles. The first-order valence-corrected chi connectivity index (χ1v) is 5.71. The summed E-state index contributed by atoms with van der Waals surface area (Å²) in [7, 11) is 0. The molecule has 17 heavy (non-hydrogen) atoms. The monoisotopic (exact) mass is 223 g/mol. The topological polar surface area (TPSA) is 51.8 Å². The first kappa shape index (κ1) is 10.2. The Morgan fingerprint density at radius 1 is 1.00 bits per heavy atom. The van der Waals surface area contributed by atoms with Crippen LogP contribution in [-0.2, 0) is 6.42 Å². The van der Waals surface area contributed by atoms with Gasteiger partial charge in [-0.25, -0.2) is 0 Å². The van der Waals surface area contributed by atoms with Crippen LogP contribution in [0.15, 0.2) is 42.7 Å². The van der Waals surface area contributed by atoms with Gasteiger partial charge in [-0.3, -0.25) is 9.97 Å². The first-order chi connectivity index (χ1) is 8.38. The third kappa shape index (κ3) is 1.74. The molecular formula is C14H13N3. The van der Waals surface area contributed by atoms with E-state index in [1.54, 1.807) is 6.20 Å². The van der Waals surface area contributed by atoms with E-state index in [4.69, 9.17) is 5.73 Å². The van der Waals surface area contributed by atoms with Gasteiger partial charge in [-0.05, 0) is 30.7 Å². The van der Waals surface area contributed by atoms with Crippen LogP contribution in [0.4, 0.5) is 0 Å². The normalized spacial score (nSPS) is 11.1. The Kier molecular flexibility index (Phi) is 2.46. The molecule has 0 bridgehead atoms. The summed E-state index contributed by atoms with van der Waals surface area (Å²) in [5.41, 5.74) is 8.66. The quantitative estimate of drug-likeness (QED) is 0.678. The largest absolute Gasteiger partial charge is 0.330 e. The van der Waals surface area contributed by atoms with Gasteiger partial charge in [0.1, 0.15) is 0 Å². The zero-order valence-corrected chi connectivity index (χ0v) is 9.43. The SMILES string of the molecule is NCCc1cnc2c(ccc3cccnc32)c1. The molecular weight excluding hydrogens is 210 g/mol. The van der Waals surface area contributed by atoms with Gasteiger partial charge in [0.05, 0.1) is 11.0 Å². The molecule has 2 N–H and O–H groups in total. The molecule has 0 radical (unpaired) electrons. The molecule has 0 unspecified atom stereocenters. The fraction of sp³-hybridized carbons (Fsp3) is 0.143. The highest BCUT2D eigenvalue weighted by Crippen LogP contribution is 2.22. The number of aromatic nitrogens is 2. The molecule has 3 aromatic rings. The second-order valence-corrected chi connectivity index (χ2v) is 4.09. The highest BCUT2D eigenvalue weighted by molar-refractivity contribution is 6.02. The summed E-state index contributed by atoms with van der Waals surface area (Å²) in [6.07, 6.45) is 4.56. The maximum atomic E-state index is 5.56. The van der Waals surface area contributed by atoms with Crippen LogP contribution in [-0.4, -0.2) is 16.5 Å². The Morgan fingerprint density at radius 2 is 1.82 bits per heavy atom. The number of nitrogens with two attached hydrogens (primary N) is 1. The third-order valence-electron chi connectivity index (χ3n) is 2.91. The van der Waals surface area contributed by atoms with Gasteiger partial charge in [-0.2, -0.15) is 0 Å². The first-order valence-electron chi connectivity index (χ1n) is 5.71. The van der Waals surface area contributed by atoms with Gasteiger partial charge in [0.25, 0.3) is 0 Å². The number of rotatable bonds is 2. The molecule has 3 rings (SSSR count). The molecule has 3 nitrogen and oxygen atoms in total. The highest BCUT2D eigenvalue weighted by atomic mass is 14.7. The minimum absolute atomic E-state index is 0.652. The average Bonchev–Trinajstić information content (AvgIpc) is 2.39. The van der Waals surface area contributed by atoms with Crippen LogP contribution < -0.4 is 5.73 Å². The molecule has 1 aromatic carbocycles. The van der Waals surface area contributed by atoms with E-state index in [1.807, 2.05) is 12.3 Å². The van der Waals surface area contributed by atoms with Crippen molar-refractivity contribution < 1.29 is 0 Å². The number of nitrogens with zero attached hydrogens (tertiary/aromatic N) is 2. The van der Waals surface area contributed by atoms with Crippen molar-refractivity contribution in [3.05, 3.63) is 48.3 Å². The minimum atomic E-state index is 0.652. The van der Waals surface area contributed by atoms with Crippen LogP contribution in [0.25, 0.3) is 21.8 Å². The summed E-state index contributed by atoms with van der Waals surface area (Å²) in [5, 5.41) is 2.25. The summed E-state index contributed by atoms with van der Waals surface area (Å²) in [6.45, 7) is 0.652. The number of hydrogen-bond donors (Lipinski definition) is 1. The Balaban J connectivity index is 2.29. The highest BCUT2D eigenvalue weighted by Gasteiger charge is 2.03. The van der Waals surface area contributed by atoms with Crippen LogP contribution >= 0.6 is 0 Å². The zero-order valence-electron chi connectivity index (χ0n) is 9.43. The predicted octanol–water partition coefficient (Wildman–Crippen LogP) is 2.28. The van der Waals surface area contributed by atoms with Gasteiger partial charge in [-0.15, -0.1) is 0 Å². The van der Waals surface area contributed by atoms with E-state index in [2.05, 4.69) is 34.2 Å². The maximum absolute atomic E-state index is 5.56. The van der Waals surface area contributed by atoms with E-state index < -0.39 is 0 Å². The number of benzene rings is 1. The lowest BCUT2D eigenvalue weighted by molar-refractivity contribution is 0.963. The van der Waals surface area contributed by atoms with E-state index >= 15 is 0 Å². The number of fused-ring (bicyclic) bond motifs is 3. The van der Waals surface area contributed by atoms with Crippen LogP contribution in [0.5, 0.6) is 0 Å². The lowest BCUT2D eigenvalue weighted by atomic mass is 10.1. The molecule has 0 fully saturated rings. The summed E-state index contributed by atoms with van der Waals surface area (Å²) >= 11 is 0. The Bertz CT molecular complexity index is 676. The summed E-state index contributed by atoms with van der Waals surface area (Å²) in [6, 6.07) is 10.3. The minimum Gasteiger partial charge on any atom is -0.330 e. The molecule has 2 heterocycles. The fourth-order valence-electron chi connectivity index (χ4n) is 2.09. The summed E-state index contributed by atoms with van der Waals surface area (Å²) < 4.78 is 0. The molecule has 0 aliphatic heterocycles. The Hall–Kier alpha value is -2.00. The van der Waals surface area contributed by atoms with Crippen molar-refractivity contribution in [2.45, 2.75) is 6.42 Å². The molecule has 0 amide bonds. The number of hydrogen-bond acceptors (Lipinski definition) is 3. The third-order valence-corrected chi connectivity index (χ3v) is 2.91. The molecule has 2 aromatic heterocycles. The number of pyridine rings is 2. The lowest BCUT2D eigenvalue weighted by Gasteiger charge is -2.04. The molecule has 84 valence electrons. The van der Waals surface area contributed by atoms with Gasteiger partial charge in [0, 0.05) is 23.2 Å². The average molecular weight is 223 g/mol. The van der Waals surface area contributed by atoms with E-state index in [0.717, 1.165) is 28.2 Å². The van der Waals surface area contributed by atoms with Crippen LogP contribution in [0.2, 0.25) is 0 Å². The van der Waals surface area contributed by atoms with E-state index in [9.17, 15) is 0 Å². The van der Waals surface area contributed by atoms with Gasteiger partial charge >= 0.3 is 0 Å². The van der Waals surface area contributed by atoms with Gasteiger partial charge in [-0.1, -0.05) is 18.2 Å². The smallest absolute Gasteiger partial charge is 0.0964 e. The van der Waals surface area contributed by atoms with Crippen molar-refractivity contribution in [1.82, 2.24) is 9.97 Å². The van der Waals surface area contributed by atoms with Crippen molar-refractivity contribution in [3.63, 3.8) is 0 Å². The zero-order chi connectivity index (χ0) is 11.7.